The van der Waals surface area contributed by atoms with Crippen LogP contribution in [0.5, 0.6) is 0 Å². The lowest BCUT2D eigenvalue weighted by Gasteiger charge is -2.36. The van der Waals surface area contributed by atoms with Gasteiger partial charge in [-0.05, 0) is 18.2 Å². The van der Waals surface area contributed by atoms with Crippen molar-refractivity contribution in [1.82, 2.24) is 38.9 Å². The molecule has 0 unspecified atom stereocenters. The summed E-state index contributed by atoms with van der Waals surface area (Å²) in [4.78, 5) is 31.7. The molecule has 5 aromatic rings. The summed E-state index contributed by atoms with van der Waals surface area (Å²) in [7, 11) is 0.416. The van der Waals surface area contributed by atoms with E-state index < -0.39 is 28.3 Å². The molecule has 0 spiro atoms. The zero-order valence-corrected chi connectivity index (χ0v) is 24.4. The van der Waals surface area contributed by atoms with Crippen molar-refractivity contribution in [1.29, 1.82) is 0 Å². The molecule has 6 rings (SSSR count). The van der Waals surface area contributed by atoms with Gasteiger partial charge in [0.2, 0.25) is 11.8 Å². The van der Waals surface area contributed by atoms with Crippen LogP contribution in [0.4, 0.5) is 20.4 Å². The Labute approximate surface area is 247 Å². The van der Waals surface area contributed by atoms with Crippen LogP contribution in [0, 0.1) is 11.6 Å². The lowest BCUT2D eigenvalue weighted by Crippen LogP contribution is -2.47. The summed E-state index contributed by atoms with van der Waals surface area (Å²) < 4.78 is 49.6. The predicted octanol–water partition coefficient (Wildman–Crippen LogP) is 1.87. The highest BCUT2D eigenvalue weighted by atomic mass is 32.2. The van der Waals surface area contributed by atoms with Gasteiger partial charge < -0.3 is 24.5 Å². The number of carbonyl (C=O) groups is 1. The van der Waals surface area contributed by atoms with Gasteiger partial charge in [-0.3, -0.25) is 13.9 Å². The first-order valence-electron chi connectivity index (χ1n) is 13.6. The Hall–Kier alpha value is -4.44. The van der Waals surface area contributed by atoms with E-state index in [4.69, 9.17) is 10.2 Å². The van der Waals surface area contributed by atoms with E-state index in [1.807, 2.05) is 9.47 Å². The summed E-state index contributed by atoms with van der Waals surface area (Å²) >= 11 is 0. The van der Waals surface area contributed by atoms with E-state index in [0.717, 1.165) is 6.07 Å². The van der Waals surface area contributed by atoms with Crippen molar-refractivity contribution in [3.8, 4) is 11.6 Å². The third-order valence-electron chi connectivity index (χ3n) is 7.51. The Morgan fingerprint density at radius 3 is 2.63 bits per heavy atom. The Morgan fingerprint density at radius 2 is 1.91 bits per heavy atom. The van der Waals surface area contributed by atoms with Gasteiger partial charge in [-0.2, -0.15) is 9.50 Å². The summed E-state index contributed by atoms with van der Waals surface area (Å²) in [6.07, 6.45) is 4.77. The zero-order valence-electron chi connectivity index (χ0n) is 23.6. The normalized spacial score (nSPS) is 15.0. The molecule has 0 saturated carbocycles. The minimum absolute atomic E-state index is 0.175. The van der Waals surface area contributed by atoms with Gasteiger partial charge in [0.25, 0.3) is 5.91 Å². The second-order valence-corrected chi connectivity index (χ2v) is 11.9. The lowest BCUT2D eigenvalue weighted by molar-refractivity contribution is 0.0799. The van der Waals surface area contributed by atoms with Crippen LogP contribution in [-0.4, -0.2) is 107 Å². The number of nitrogen functional groups attached to an aromatic ring is 1. The number of benzene rings is 1. The maximum Gasteiger partial charge on any atom is 0.256 e. The number of halogens is 2. The second kappa shape index (κ2) is 11.7. The monoisotopic (exact) mass is 612 g/mol. The number of nitrogens with two attached hydrogens (primary N) is 1. The van der Waals surface area contributed by atoms with Crippen LogP contribution in [0.2, 0.25) is 0 Å². The van der Waals surface area contributed by atoms with Gasteiger partial charge in [-0.25, -0.2) is 18.7 Å². The average Bonchev–Trinajstić information content (AvgIpc) is 3.75. The Balaban J connectivity index is 1.11. The van der Waals surface area contributed by atoms with Crippen LogP contribution in [0.1, 0.15) is 10.4 Å². The van der Waals surface area contributed by atoms with Crippen molar-refractivity contribution in [3.05, 3.63) is 54.1 Å². The van der Waals surface area contributed by atoms with Crippen LogP contribution in [0.15, 0.2) is 41.3 Å². The first-order chi connectivity index (χ1) is 20.7. The molecule has 1 aliphatic heterocycles. The summed E-state index contributed by atoms with van der Waals surface area (Å²) in [6.45, 7) is 3.71. The highest BCUT2D eigenvalue weighted by Crippen LogP contribution is 2.26. The minimum atomic E-state index is -1.09. The molecule has 1 aromatic carbocycles. The molecule has 2 N–H and O–H groups in total. The standard InChI is InChI=1S/C27H30F2N10O3S/c1-35(11-13-43(2)41)26(40)17-14-20(19(29)15-18(17)28)37-8-5-36(6-9-37)7-10-38-16-31-22-24(38)33-27(30)39-25(22)32-23(34-39)21-4-3-12-42-21/h3-4,12,14-16H,5-11,13H2,1-2H3,(H2,30,33)/t43-/m1/s1. The highest BCUT2D eigenvalue weighted by molar-refractivity contribution is 7.84. The molecule has 1 aliphatic rings. The third-order valence-corrected chi connectivity index (χ3v) is 8.26. The van der Waals surface area contributed by atoms with E-state index in [2.05, 4.69) is 25.0 Å². The fraction of sp³-hybridized carbons (Fsp3) is 0.370. The predicted molar refractivity (Wildman–Crippen MR) is 157 cm³/mol. The summed E-state index contributed by atoms with van der Waals surface area (Å²) in [6, 6.07) is 5.54. The minimum Gasteiger partial charge on any atom is -0.461 e. The number of piperazine rings is 1. The number of hydrogen-bond donors (Lipinski definition) is 1. The van der Waals surface area contributed by atoms with Gasteiger partial charge in [0.1, 0.15) is 11.6 Å². The van der Waals surface area contributed by atoms with E-state index in [0.29, 0.717) is 67.7 Å². The van der Waals surface area contributed by atoms with Crippen LogP contribution in [0.25, 0.3) is 28.4 Å². The molecule has 16 heteroatoms. The number of imidazole rings is 1. The topological polar surface area (TPSA) is 144 Å². The van der Waals surface area contributed by atoms with Crippen LogP contribution < -0.4 is 10.6 Å². The van der Waals surface area contributed by atoms with Gasteiger partial charge in [-0.15, -0.1) is 5.10 Å². The number of carbonyl (C=O) groups excluding carboxylic acids is 1. The van der Waals surface area contributed by atoms with Gasteiger partial charge in [0.15, 0.2) is 22.6 Å². The second-order valence-electron chi connectivity index (χ2n) is 10.3. The number of aromatic nitrogens is 6. The van der Waals surface area contributed by atoms with E-state index in [9.17, 15) is 17.8 Å². The van der Waals surface area contributed by atoms with Crippen LogP contribution >= 0.6 is 0 Å². The molecule has 1 atom stereocenters. The SMILES string of the molecule is CN(CC[S@@](C)=O)C(=O)c1cc(N2CCN(CCn3cnc4c3nc(N)n3nc(-c5ccco5)nc43)CC2)c(F)cc1F. The number of hydrogen-bond acceptors (Lipinski definition) is 10. The Morgan fingerprint density at radius 1 is 1.12 bits per heavy atom. The Bertz CT molecular complexity index is 1810. The van der Waals surface area contributed by atoms with E-state index >= 15 is 0 Å². The van der Waals surface area contributed by atoms with Crippen molar-refractivity contribution < 1.29 is 22.2 Å². The number of anilines is 2. The summed E-state index contributed by atoms with van der Waals surface area (Å²) in [5.41, 5.74) is 7.80. The molecule has 0 aliphatic carbocycles. The summed E-state index contributed by atoms with van der Waals surface area (Å²) in [5.74, 6) is -0.875. The molecular formula is C27H30F2N10O3S. The number of rotatable bonds is 9. The van der Waals surface area contributed by atoms with Crippen LogP contribution in [-0.2, 0) is 17.3 Å². The molecule has 5 heterocycles. The molecule has 1 saturated heterocycles. The maximum absolute atomic E-state index is 14.8. The van der Waals surface area contributed by atoms with Crippen molar-refractivity contribution in [2.45, 2.75) is 6.54 Å². The summed E-state index contributed by atoms with van der Waals surface area (Å²) in [5, 5.41) is 4.40. The molecule has 0 bridgehead atoms. The van der Waals surface area contributed by atoms with E-state index in [1.54, 1.807) is 24.7 Å². The number of furan rings is 1. The van der Waals surface area contributed by atoms with Crippen molar-refractivity contribution in [2.75, 3.05) is 69.0 Å². The van der Waals surface area contributed by atoms with E-state index in [-0.39, 0.29) is 29.5 Å². The molecule has 1 fully saturated rings. The fourth-order valence-electron chi connectivity index (χ4n) is 5.08. The maximum atomic E-state index is 14.8. The molecule has 1 amide bonds. The van der Waals surface area contributed by atoms with Crippen LogP contribution in [0.3, 0.4) is 0 Å². The number of fused-ring (bicyclic) bond motifs is 3. The van der Waals surface area contributed by atoms with Crippen molar-refractivity contribution in [3.63, 3.8) is 0 Å². The van der Waals surface area contributed by atoms with Gasteiger partial charge >= 0.3 is 0 Å². The quantitative estimate of drug-likeness (QED) is 0.262. The average molecular weight is 613 g/mol. The lowest BCUT2D eigenvalue weighted by atomic mass is 10.1. The largest absolute Gasteiger partial charge is 0.461 e. The molecule has 43 heavy (non-hydrogen) atoms. The molecule has 4 aromatic heterocycles. The van der Waals surface area contributed by atoms with Crippen molar-refractivity contribution in [2.24, 2.45) is 0 Å². The van der Waals surface area contributed by atoms with Gasteiger partial charge in [-0.1, -0.05) is 0 Å². The fourth-order valence-corrected chi connectivity index (χ4v) is 5.61. The molecule has 0 radical (unpaired) electrons. The number of nitrogens with zero attached hydrogens (tertiary/aromatic N) is 9. The third kappa shape index (κ3) is 5.67. The highest BCUT2D eigenvalue weighted by Gasteiger charge is 2.25. The van der Waals surface area contributed by atoms with Crippen molar-refractivity contribution >= 4 is 45.2 Å². The van der Waals surface area contributed by atoms with Gasteiger partial charge in [0.05, 0.1) is 23.8 Å². The Kier molecular flexibility index (Phi) is 7.79. The zero-order chi connectivity index (χ0) is 30.2. The first-order valence-corrected chi connectivity index (χ1v) is 15.3. The molecular weight excluding hydrogens is 582 g/mol. The van der Waals surface area contributed by atoms with E-state index in [1.165, 1.54) is 28.8 Å². The molecule has 226 valence electrons. The molecule has 13 nitrogen and oxygen atoms in total. The first kappa shape index (κ1) is 28.7. The van der Waals surface area contributed by atoms with Gasteiger partial charge in [0, 0.05) is 81.7 Å². The number of amides is 1. The smallest absolute Gasteiger partial charge is 0.256 e.